The molecule has 0 saturated carbocycles. The van der Waals surface area contributed by atoms with Gasteiger partial charge in [0.1, 0.15) is 6.61 Å². The van der Waals surface area contributed by atoms with Crippen LogP contribution in [0.2, 0.25) is 0 Å². The van der Waals surface area contributed by atoms with E-state index in [-0.39, 0.29) is 0 Å². The summed E-state index contributed by atoms with van der Waals surface area (Å²) < 4.78 is 12.4. The molecule has 0 aliphatic heterocycles. The second-order valence-electron chi connectivity index (χ2n) is 4.43. The Morgan fingerprint density at radius 2 is 1.70 bits per heavy atom. The van der Waals surface area contributed by atoms with E-state index in [9.17, 15) is 0 Å². The van der Waals surface area contributed by atoms with Crippen LogP contribution in [0.1, 0.15) is 11.1 Å². The molecule has 0 aliphatic rings. The summed E-state index contributed by atoms with van der Waals surface area (Å²) in [6.45, 7) is 1.35. The molecule has 2 aromatic rings. The Labute approximate surface area is 133 Å². The van der Waals surface area contributed by atoms with Crippen molar-refractivity contribution in [2.45, 2.75) is 13.2 Å². The maximum absolute atomic E-state index is 5.84. The molecule has 0 radical (unpaired) electrons. The molecule has 0 heterocycles. The van der Waals surface area contributed by atoms with Gasteiger partial charge in [-0.25, -0.2) is 0 Å². The molecule has 2 aromatic carbocycles. The van der Waals surface area contributed by atoms with Crippen LogP contribution < -0.4 is 14.8 Å². The Hall–Kier alpha value is -1.27. The summed E-state index contributed by atoms with van der Waals surface area (Å²) in [6.07, 6.45) is 0. The Morgan fingerprint density at radius 3 is 2.35 bits per heavy atom. The summed E-state index contributed by atoms with van der Waals surface area (Å²) >= 11 is 2.29. The molecule has 0 bridgehead atoms. The van der Waals surface area contributed by atoms with Crippen molar-refractivity contribution in [2.75, 3.05) is 14.2 Å². The van der Waals surface area contributed by atoms with E-state index >= 15 is 0 Å². The summed E-state index contributed by atoms with van der Waals surface area (Å²) in [5.74, 6) is 1.54. The highest BCUT2D eigenvalue weighted by Crippen LogP contribution is 2.28. The molecule has 1 N–H and O–H groups in total. The number of halogens is 1. The summed E-state index contributed by atoms with van der Waals surface area (Å²) in [4.78, 5) is 0. The van der Waals surface area contributed by atoms with Gasteiger partial charge >= 0.3 is 0 Å². The number of hydrogen-bond donors (Lipinski definition) is 1. The molecule has 2 rings (SSSR count). The largest absolute Gasteiger partial charge is 0.493 e. The molecular formula is C16H18INO2. The summed E-state index contributed by atoms with van der Waals surface area (Å²) in [7, 11) is 3.59. The van der Waals surface area contributed by atoms with Gasteiger partial charge in [0.25, 0.3) is 0 Å². The fraction of sp³-hybridized carbons (Fsp3) is 0.250. The highest BCUT2D eigenvalue weighted by molar-refractivity contribution is 14.1. The normalized spacial score (nSPS) is 10.3. The van der Waals surface area contributed by atoms with Gasteiger partial charge in [0.05, 0.1) is 7.11 Å². The number of benzene rings is 2. The molecule has 0 spiro atoms. The molecule has 0 amide bonds. The molecule has 0 unspecified atom stereocenters. The van der Waals surface area contributed by atoms with Crippen LogP contribution in [0.4, 0.5) is 0 Å². The van der Waals surface area contributed by atoms with E-state index < -0.39 is 0 Å². The topological polar surface area (TPSA) is 30.5 Å². The highest BCUT2D eigenvalue weighted by Gasteiger charge is 2.06. The van der Waals surface area contributed by atoms with Crippen molar-refractivity contribution >= 4 is 22.6 Å². The van der Waals surface area contributed by atoms with Crippen molar-refractivity contribution in [3.05, 3.63) is 57.2 Å². The zero-order valence-electron chi connectivity index (χ0n) is 11.7. The molecular weight excluding hydrogens is 365 g/mol. The Kier molecular flexibility index (Phi) is 5.67. The van der Waals surface area contributed by atoms with Crippen LogP contribution in [0.3, 0.4) is 0 Å². The van der Waals surface area contributed by atoms with Crippen LogP contribution in [-0.4, -0.2) is 14.2 Å². The SMILES string of the molecule is CNCc1ccc(OCc2ccc(I)cc2)c(OC)c1. The Morgan fingerprint density at radius 1 is 1.00 bits per heavy atom. The van der Waals surface area contributed by atoms with E-state index in [4.69, 9.17) is 9.47 Å². The average Bonchev–Trinajstić information content (AvgIpc) is 2.47. The van der Waals surface area contributed by atoms with Crippen molar-refractivity contribution in [3.63, 3.8) is 0 Å². The van der Waals surface area contributed by atoms with Gasteiger partial charge in [-0.3, -0.25) is 0 Å². The Balaban J connectivity index is 2.06. The van der Waals surface area contributed by atoms with Crippen molar-refractivity contribution in [1.29, 1.82) is 0 Å². The van der Waals surface area contributed by atoms with Crippen molar-refractivity contribution in [2.24, 2.45) is 0 Å². The average molecular weight is 383 g/mol. The van der Waals surface area contributed by atoms with Gasteiger partial charge in [0, 0.05) is 10.1 Å². The second-order valence-corrected chi connectivity index (χ2v) is 5.68. The molecule has 0 atom stereocenters. The minimum absolute atomic E-state index is 0.540. The monoisotopic (exact) mass is 383 g/mol. The molecule has 0 saturated heterocycles. The lowest BCUT2D eigenvalue weighted by atomic mass is 10.2. The lowest BCUT2D eigenvalue weighted by Gasteiger charge is -2.12. The van der Waals surface area contributed by atoms with Crippen molar-refractivity contribution in [1.82, 2.24) is 5.32 Å². The van der Waals surface area contributed by atoms with Crippen LogP contribution in [-0.2, 0) is 13.2 Å². The standard InChI is InChI=1S/C16H18INO2/c1-18-10-13-5-8-15(16(9-13)19-2)20-11-12-3-6-14(17)7-4-12/h3-9,18H,10-11H2,1-2H3. The maximum Gasteiger partial charge on any atom is 0.161 e. The van der Waals surface area contributed by atoms with Gasteiger partial charge in [-0.1, -0.05) is 18.2 Å². The lowest BCUT2D eigenvalue weighted by Crippen LogP contribution is -2.05. The molecule has 0 aliphatic carbocycles. The first-order valence-electron chi connectivity index (χ1n) is 6.41. The van der Waals surface area contributed by atoms with Gasteiger partial charge < -0.3 is 14.8 Å². The fourth-order valence-corrected chi connectivity index (χ4v) is 2.25. The van der Waals surface area contributed by atoms with E-state index in [2.05, 4.69) is 52.2 Å². The van der Waals surface area contributed by atoms with Crippen LogP contribution >= 0.6 is 22.6 Å². The predicted molar refractivity (Wildman–Crippen MR) is 89.2 cm³/mol. The van der Waals surface area contributed by atoms with Gasteiger partial charge in [-0.2, -0.15) is 0 Å². The zero-order chi connectivity index (χ0) is 14.4. The van der Waals surface area contributed by atoms with E-state index in [1.54, 1.807) is 7.11 Å². The van der Waals surface area contributed by atoms with Crippen LogP contribution in [0, 0.1) is 3.57 Å². The molecule has 0 fully saturated rings. The van der Waals surface area contributed by atoms with Crippen LogP contribution in [0.5, 0.6) is 11.5 Å². The number of ether oxygens (including phenoxy) is 2. The quantitative estimate of drug-likeness (QED) is 0.774. The van der Waals surface area contributed by atoms with Gasteiger partial charge in [0.15, 0.2) is 11.5 Å². The number of nitrogens with one attached hydrogen (secondary N) is 1. The molecule has 106 valence electrons. The first-order chi connectivity index (χ1) is 9.72. The van der Waals surface area contributed by atoms with Crippen LogP contribution in [0.15, 0.2) is 42.5 Å². The highest BCUT2D eigenvalue weighted by atomic mass is 127. The third-order valence-electron chi connectivity index (χ3n) is 2.92. The van der Waals surface area contributed by atoms with Crippen molar-refractivity contribution < 1.29 is 9.47 Å². The molecule has 20 heavy (non-hydrogen) atoms. The summed E-state index contributed by atoms with van der Waals surface area (Å²) in [5, 5.41) is 3.12. The van der Waals surface area contributed by atoms with Gasteiger partial charge in [0.2, 0.25) is 0 Å². The molecule has 4 heteroatoms. The minimum atomic E-state index is 0.540. The van der Waals surface area contributed by atoms with Gasteiger partial charge in [-0.05, 0) is 65.0 Å². The number of methoxy groups -OCH3 is 1. The Bertz CT molecular complexity index is 555. The van der Waals surface area contributed by atoms with Crippen molar-refractivity contribution in [3.8, 4) is 11.5 Å². The smallest absolute Gasteiger partial charge is 0.161 e. The predicted octanol–water partition coefficient (Wildman–Crippen LogP) is 3.60. The van der Waals surface area contributed by atoms with Gasteiger partial charge in [-0.15, -0.1) is 0 Å². The molecule has 0 aromatic heterocycles. The fourth-order valence-electron chi connectivity index (χ4n) is 1.89. The summed E-state index contributed by atoms with van der Waals surface area (Å²) in [5.41, 5.74) is 2.32. The first kappa shape index (κ1) is 15.1. The number of hydrogen-bond acceptors (Lipinski definition) is 3. The summed E-state index contributed by atoms with van der Waals surface area (Å²) in [6, 6.07) is 14.3. The van der Waals surface area contributed by atoms with E-state index in [1.165, 1.54) is 9.13 Å². The second kappa shape index (κ2) is 7.50. The van der Waals surface area contributed by atoms with Crippen LogP contribution in [0.25, 0.3) is 0 Å². The zero-order valence-corrected chi connectivity index (χ0v) is 13.8. The maximum atomic E-state index is 5.84. The third-order valence-corrected chi connectivity index (χ3v) is 3.64. The van der Waals surface area contributed by atoms with E-state index in [0.717, 1.165) is 23.6 Å². The van der Waals surface area contributed by atoms with E-state index in [0.29, 0.717) is 6.61 Å². The third kappa shape index (κ3) is 4.11. The minimum Gasteiger partial charge on any atom is -0.493 e. The molecule has 3 nitrogen and oxygen atoms in total. The first-order valence-corrected chi connectivity index (χ1v) is 7.49. The lowest BCUT2D eigenvalue weighted by molar-refractivity contribution is 0.284. The number of rotatable bonds is 6. The van der Waals surface area contributed by atoms with E-state index in [1.807, 2.05) is 25.2 Å².